The lowest BCUT2D eigenvalue weighted by atomic mass is 10.2. The third kappa shape index (κ3) is 4.11. The fourth-order valence-electron chi connectivity index (χ4n) is 2.69. The van der Waals surface area contributed by atoms with E-state index >= 15 is 0 Å². The second-order valence-corrected chi connectivity index (χ2v) is 6.82. The molecule has 0 saturated carbocycles. The summed E-state index contributed by atoms with van der Waals surface area (Å²) in [6, 6.07) is 9.72. The summed E-state index contributed by atoms with van der Waals surface area (Å²) in [5.41, 5.74) is 1.71. The van der Waals surface area contributed by atoms with E-state index in [1.807, 2.05) is 30.3 Å². The quantitative estimate of drug-likeness (QED) is 0.671. The average molecular weight is 383 g/mol. The van der Waals surface area contributed by atoms with Crippen molar-refractivity contribution in [3.05, 3.63) is 53.3 Å². The van der Waals surface area contributed by atoms with E-state index in [1.54, 1.807) is 21.3 Å². The van der Waals surface area contributed by atoms with Gasteiger partial charge in [-0.2, -0.15) is 0 Å². The summed E-state index contributed by atoms with van der Waals surface area (Å²) in [7, 11) is 0. The van der Waals surface area contributed by atoms with E-state index in [4.69, 9.17) is 0 Å². The Morgan fingerprint density at radius 3 is 2.93 bits per heavy atom. The van der Waals surface area contributed by atoms with Crippen LogP contribution in [0.25, 0.3) is 0 Å². The molecule has 1 aliphatic heterocycles. The number of amides is 3. The van der Waals surface area contributed by atoms with E-state index in [2.05, 4.69) is 25.7 Å². The summed E-state index contributed by atoms with van der Waals surface area (Å²) in [5, 5.41) is 12.0. The summed E-state index contributed by atoms with van der Waals surface area (Å²) >= 11 is 1.34. The lowest BCUT2D eigenvalue weighted by Crippen LogP contribution is -2.27. The van der Waals surface area contributed by atoms with Crippen LogP contribution >= 0.6 is 11.3 Å². The van der Waals surface area contributed by atoms with Gasteiger partial charge in [-0.05, 0) is 5.56 Å². The second-order valence-electron chi connectivity index (χ2n) is 5.98. The van der Waals surface area contributed by atoms with Gasteiger partial charge in [0.1, 0.15) is 6.33 Å². The van der Waals surface area contributed by atoms with Crippen molar-refractivity contribution >= 4 is 34.4 Å². The first kappa shape index (κ1) is 17.2. The molecule has 3 amide bonds. The number of carbonyl (C=O) groups excluding carboxylic acids is 2. The van der Waals surface area contributed by atoms with Gasteiger partial charge in [-0.1, -0.05) is 30.3 Å². The zero-order valence-corrected chi connectivity index (χ0v) is 15.1. The number of thiazole rings is 1. The van der Waals surface area contributed by atoms with Crippen LogP contribution in [0.2, 0.25) is 0 Å². The smallest absolute Gasteiger partial charge is 0.323 e. The SMILES string of the molecule is O=C(Cc1csc(N2CCNC2=O)n1)Nc1ncn(Cc2ccccc2)n1. The lowest BCUT2D eigenvalue weighted by molar-refractivity contribution is -0.115. The normalized spacial score (nSPS) is 13.6. The van der Waals surface area contributed by atoms with Gasteiger partial charge in [0.15, 0.2) is 5.13 Å². The molecule has 0 aliphatic carbocycles. The molecule has 1 aliphatic rings. The zero-order chi connectivity index (χ0) is 18.6. The standard InChI is InChI=1S/C17H17N7O2S/c25-14(8-13-10-27-17(20-13)24-7-6-18-16(24)26)21-15-19-11-23(22-15)9-12-4-2-1-3-5-12/h1-5,10-11H,6-9H2,(H,18,26)(H,21,22,25). The number of benzene rings is 1. The van der Waals surface area contributed by atoms with Gasteiger partial charge in [-0.25, -0.2) is 19.4 Å². The minimum Gasteiger partial charge on any atom is -0.336 e. The van der Waals surface area contributed by atoms with E-state index < -0.39 is 0 Å². The van der Waals surface area contributed by atoms with Crippen molar-refractivity contribution < 1.29 is 9.59 Å². The summed E-state index contributed by atoms with van der Waals surface area (Å²) in [4.78, 5) is 33.9. The number of hydrogen-bond acceptors (Lipinski definition) is 6. The van der Waals surface area contributed by atoms with Crippen LogP contribution in [0.3, 0.4) is 0 Å². The highest BCUT2D eigenvalue weighted by molar-refractivity contribution is 7.14. The largest absolute Gasteiger partial charge is 0.336 e. The van der Waals surface area contributed by atoms with Crippen LogP contribution in [0.4, 0.5) is 15.9 Å². The summed E-state index contributed by atoms with van der Waals surface area (Å²) in [6.45, 7) is 1.77. The summed E-state index contributed by atoms with van der Waals surface area (Å²) in [5.74, 6) is 0.000453. The van der Waals surface area contributed by atoms with Gasteiger partial charge in [0.25, 0.3) is 0 Å². The Morgan fingerprint density at radius 2 is 2.15 bits per heavy atom. The van der Waals surface area contributed by atoms with E-state index in [0.717, 1.165) is 5.56 Å². The van der Waals surface area contributed by atoms with Gasteiger partial charge >= 0.3 is 6.03 Å². The van der Waals surface area contributed by atoms with Gasteiger partial charge in [-0.15, -0.1) is 16.4 Å². The Kier molecular flexibility index (Phi) is 4.79. The molecule has 2 N–H and O–H groups in total. The van der Waals surface area contributed by atoms with Gasteiger partial charge < -0.3 is 5.32 Å². The number of nitrogens with zero attached hydrogens (tertiary/aromatic N) is 5. The zero-order valence-electron chi connectivity index (χ0n) is 14.3. The Morgan fingerprint density at radius 1 is 1.30 bits per heavy atom. The third-order valence-electron chi connectivity index (χ3n) is 3.94. The second kappa shape index (κ2) is 7.54. The maximum absolute atomic E-state index is 12.2. The monoisotopic (exact) mass is 383 g/mol. The van der Waals surface area contributed by atoms with Gasteiger partial charge in [-0.3, -0.25) is 15.0 Å². The lowest BCUT2D eigenvalue weighted by Gasteiger charge is -2.08. The molecule has 10 heteroatoms. The molecule has 0 atom stereocenters. The molecule has 1 fully saturated rings. The summed E-state index contributed by atoms with van der Waals surface area (Å²) in [6.07, 6.45) is 1.68. The van der Waals surface area contributed by atoms with Crippen molar-refractivity contribution in [2.45, 2.75) is 13.0 Å². The number of urea groups is 1. The molecule has 0 unspecified atom stereocenters. The Balaban J connectivity index is 1.33. The van der Waals surface area contributed by atoms with Crippen LogP contribution in [0, 0.1) is 0 Å². The first-order chi connectivity index (χ1) is 13.2. The Labute approximate surface area is 159 Å². The average Bonchev–Trinajstić information content (AvgIpc) is 3.38. The summed E-state index contributed by atoms with van der Waals surface area (Å²) < 4.78 is 1.66. The number of aromatic nitrogens is 4. The van der Waals surface area contributed by atoms with Crippen LogP contribution in [0.1, 0.15) is 11.3 Å². The molecule has 27 heavy (non-hydrogen) atoms. The Bertz CT molecular complexity index is 953. The molecule has 4 rings (SSSR count). The number of nitrogens with one attached hydrogen (secondary N) is 2. The predicted molar refractivity (Wildman–Crippen MR) is 101 cm³/mol. The maximum Gasteiger partial charge on any atom is 0.323 e. The molecule has 9 nitrogen and oxygen atoms in total. The number of rotatable bonds is 6. The third-order valence-corrected chi connectivity index (χ3v) is 4.86. The first-order valence-electron chi connectivity index (χ1n) is 8.40. The molecule has 138 valence electrons. The highest BCUT2D eigenvalue weighted by Gasteiger charge is 2.24. The molecule has 0 spiro atoms. The van der Waals surface area contributed by atoms with E-state index in [0.29, 0.717) is 30.5 Å². The number of hydrogen-bond donors (Lipinski definition) is 2. The first-order valence-corrected chi connectivity index (χ1v) is 9.28. The van der Waals surface area contributed by atoms with Crippen LogP contribution in [-0.4, -0.2) is 44.8 Å². The highest BCUT2D eigenvalue weighted by Crippen LogP contribution is 2.22. The molecule has 3 heterocycles. The minimum absolute atomic E-state index is 0.0964. The molecule has 0 radical (unpaired) electrons. The van der Waals surface area contributed by atoms with Crippen LogP contribution in [-0.2, 0) is 17.8 Å². The van der Waals surface area contributed by atoms with E-state index in [9.17, 15) is 9.59 Å². The van der Waals surface area contributed by atoms with Crippen molar-refractivity contribution in [1.82, 2.24) is 25.1 Å². The van der Waals surface area contributed by atoms with Gasteiger partial charge in [0.2, 0.25) is 11.9 Å². The molecule has 1 aromatic carbocycles. The molecule has 1 saturated heterocycles. The van der Waals surface area contributed by atoms with Crippen molar-refractivity contribution in [3.8, 4) is 0 Å². The number of anilines is 2. The fourth-order valence-corrected chi connectivity index (χ4v) is 3.54. The fraction of sp³-hybridized carbons (Fsp3) is 0.235. The predicted octanol–water partition coefficient (Wildman–Crippen LogP) is 1.49. The van der Waals surface area contributed by atoms with Gasteiger partial charge in [0, 0.05) is 18.5 Å². The molecular weight excluding hydrogens is 366 g/mol. The van der Waals surface area contributed by atoms with Crippen molar-refractivity contribution in [2.75, 3.05) is 23.3 Å². The Hall–Kier alpha value is -3.27. The maximum atomic E-state index is 12.2. The number of carbonyl (C=O) groups is 2. The molecular formula is C17H17N7O2S. The van der Waals surface area contributed by atoms with Crippen LogP contribution < -0.4 is 15.5 Å². The topological polar surface area (TPSA) is 105 Å². The van der Waals surface area contributed by atoms with Crippen LogP contribution in [0.5, 0.6) is 0 Å². The van der Waals surface area contributed by atoms with Crippen molar-refractivity contribution in [1.29, 1.82) is 0 Å². The van der Waals surface area contributed by atoms with Crippen molar-refractivity contribution in [3.63, 3.8) is 0 Å². The molecule has 2 aromatic heterocycles. The van der Waals surface area contributed by atoms with Crippen LogP contribution in [0.15, 0.2) is 42.0 Å². The highest BCUT2D eigenvalue weighted by atomic mass is 32.1. The van der Waals surface area contributed by atoms with Gasteiger partial charge in [0.05, 0.1) is 18.7 Å². The minimum atomic E-state index is -0.254. The van der Waals surface area contributed by atoms with E-state index in [-0.39, 0.29) is 24.3 Å². The van der Waals surface area contributed by atoms with Crippen molar-refractivity contribution in [2.24, 2.45) is 0 Å². The van der Waals surface area contributed by atoms with E-state index in [1.165, 1.54) is 11.3 Å². The molecule has 0 bridgehead atoms. The molecule has 3 aromatic rings.